The lowest BCUT2D eigenvalue weighted by Crippen LogP contribution is -2.41. The molecule has 1 heterocycles. The van der Waals surface area contributed by atoms with Crippen molar-refractivity contribution >= 4 is 10.9 Å². The van der Waals surface area contributed by atoms with Crippen LogP contribution in [0.25, 0.3) is 10.9 Å². The van der Waals surface area contributed by atoms with Gasteiger partial charge in [0.25, 0.3) is 0 Å². The number of nitrogens with one attached hydrogen (secondary N) is 2. The molecule has 0 saturated heterocycles. The van der Waals surface area contributed by atoms with Crippen molar-refractivity contribution < 1.29 is 26.7 Å². The second-order valence-corrected chi connectivity index (χ2v) is 6.93. The number of aryl methyl sites for hydroxylation is 1. The van der Waals surface area contributed by atoms with E-state index < -0.39 is 18.7 Å². The number of aromatic amines is 1. The first-order valence-corrected chi connectivity index (χ1v) is 9.09. The van der Waals surface area contributed by atoms with E-state index >= 15 is 0 Å². The second-order valence-electron chi connectivity index (χ2n) is 6.93. The molecule has 156 valence electrons. The molecule has 0 spiro atoms. The lowest BCUT2D eigenvalue weighted by atomic mass is 10.1. The van der Waals surface area contributed by atoms with Crippen LogP contribution in [0.4, 0.5) is 22.0 Å². The highest BCUT2D eigenvalue weighted by Gasteiger charge is 2.58. The quantitative estimate of drug-likeness (QED) is 0.385. The van der Waals surface area contributed by atoms with Gasteiger partial charge in [-0.3, -0.25) is 0 Å². The number of alkyl halides is 5. The Morgan fingerprint density at radius 1 is 1.03 bits per heavy atom. The maximum atomic E-state index is 13.0. The monoisotopic (exact) mass is 412 g/mol. The normalized spacial score (nSPS) is 12.5. The molecule has 0 saturated carbocycles. The van der Waals surface area contributed by atoms with Crippen molar-refractivity contribution in [1.29, 1.82) is 0 Å². The molecule has 0 aliphatic heterocycles. The van der Waals surface area contributed by atoms with E-state index in [1.165, 1.54) is 28.6 Å². The summed E-state index contributed by atoms with van der Waals surface area (Å²) in [4.78, 5) is 3.25. The van der Waals surface area contributed by atoms with E-state index in [9.17, 15) is 22.0 Å². The number of benzene rings is 2. The average Bonchev–Trinajstić information content (AvgIpc) is 3.05. The molecule has 3 nitrogen and oxygen atoms in total. The van der Waals surface area contributed by atoms with Gasteiger partial charge in [0.2, 0.25) is 0 Å². The van der Waals surface area contributed by atoms with Gasteiger partial charge in [0.15, 0.2) is 6.61 Å². The van der Waals surface area contributed by atoms with E-state index in [4.69, 9.17) is 0 Å². The Bertz CT molecular complexity index is 965. The molecular weight excluding hydrogens is 391 g/mol. The molecule has 0 amide bonds. The number of halogens is 5. The highest BCUT2D eigenvalue weighted by atomic mass is 19.4. The summed E-state index contributed by atoms with van der Waals surface area (Å²) in [6.07, 6.45) is -2.87. The van der Waals surface area contributed by atoms with Gasteiger partial charge in [-0.05, 0) is 54.8 Å². The van der Waals surface area contributed by atoms with E-state index in [1.807, 2.05) is 13.1 Å². The number of ether oxygens (including phenoxy) is 1. The third kappa shape index (κ3) is 5.26. The highest BCUT2D eigenvalue weighted by molar-refractivity contribution is 5.83. The smallest absolute Gasteiger partial charge is 0.456 e. The minimum absolute atomic E-state index is 0.0276. The summed E-state index contributed by atoms with van der Waals surface area (Å²) < 4.78 is 67.2. The van der Waals surface area contributed by atoms with E-state index in [-0.39, 0.29) is 5.75 Å². The van der Waals surface area contributed by atoms with Gasteiger partial charge in [-0.15, -0.1) is 0 Å². The van der Waals surface area contributed by atoms with Gasteiger partial charge in [-0.25, -0.2) is 0 Å². The minimum Gasteiger partial charge on any atom is -0.487 e. The molecule has 8 heteroatoms. The van der Waals surface area contributed by atoms with E-state index in [0.717, 1.165) is 17.5 Å². The lowest BCUT2D eigenvalue weighted by Gasteiger charge is -2.20. The molecule has 3 rings (SSSR count). The average molecular weight is 412 g/mol. The van der Waals surface area contributed by atoms with Crippen LogP contribution in [0.5, 0.6) is 5.75 Å². The van der Waals surface area contributed by atoms with Crippen molar-refractivity contribution in [1.82, 2.24) is 10.3 Å². The first-order valence-electron chi connectivity index (χ1n) is 9.09. The maximum Gasteiger partial charge on any atom is 0.456 e. The van der Waals surface area contributed by atoms with Gasteiger partial charge in [0, 0.05) is 23.6 Å². The fraction of sp³-hybridized carbons (Fsp3) is 0.333. The Morgan fingerprint density at radius 2 is 1.83 bits per heavy atom. The Morgan fingerprint density at radius 3 is 2.59 bits per heavy atom. The fourth-order valence-electron chi connectivity index (χ4n) is 2.96. The number of rotatable bonds is 8. The predicted octanol–water partition coefficient (Wildman–Crippen LogP) is 5.39. The molecule has 3 aromatic rings. The van der Waals surface area contributed by atoms with Crippen LogP contribution < -0.4 is 10.1 Å². The summed E-state index contributed by atoms with van der Waals surface area (Å²) in [6.45, 7) is 1.41. The van der Waals surface area contributed by atoms with Crippen LogP contribution in [-0.4, -0.2) is 30.2 Å². The van der Waals surface area contributed by atoms with Gasteiger partial charge >= 0.3 is 12.1 Å². The Labute approximate surface area is 164 Å². The minimum atomic E-state index is -5.63. The van der Waals surface area contributed by atoms with E-state index in [2.05, 4.69) is 33.2 Å². The van der Waals surface area contributed by atoms with Crippen molar-refractivity contribution in [3.05, 3.63) is 65.4 Å². The van der Waals surface area contributed by atoms with Crippen LogP contribution in [0.2, 0.25) is 0 Å². The number of hydrogen-bond donors (Lipinski definition) is 2. The van der Waals surface area contributed by atoms with Crippen LogP contribution >= 0.6 is 0 Å². The Balaban J connectivity index is 1.50. The highest BCUT2D eigenvalue weighted by Crippen LogP contribution is 2.35. The molecule has 0 aliphatic rings. The number of aromatic nitrogens is 1. The van der Waals surface area contributed by atoms with Gasteiger partial charge in [-0.2, -0.15) is 22.0 Å². The predicted molar refractivity (Wildman–Crippen MR) is 101 cm³/mol. The molecule has 2 aromatic carbocycles. The fourth-order valence-corrected chi connectivity index (χ4v) is 2.96. The standard InChI is InChI=1S/C21H21F5N2O/c1-14-5-6-18-16(12-28-19(18)9-14)7-8-27-11-15-3-2-4-17(10-15)29-13-20(22,23)21(24,25)26/h2-6,9-10,12,27-28H,7-8,11,13H2,1H3. The third-order valence-corrected chi connectivity index (χ3v) is 4.56. The number of fused-ring (bicyclic) bond motifs is 1. The van der Waals surface area contributed by atoms with E-state index in [1.54, 1.807) is 12.1 Å². The van der Waals surface area contributed by atoms with Gasteiger partial charge in [-0.1, -0.05) is 24.3 Å². The summed E-state index contributed by atoms with van der Waals surface area (Å²) in [5.41, 5.74) is 4.17. The molecule has 0 fully saturated rings. The Kier molecular flexibility index (Phi) is 6.12. The first-order chi connectivity index (χ1) is 13.7. The molecule has 29 heavy (non-hydrogen) atoms. The molecular formula is C21H21F5N2O. The summed E-state index contributed by atoms with van der Waals surface area (Å²) in [5.74, 6) is -4.92. The zero-order valence-corrected chi connectivity index (χ0v) is 15.7. The van der Waals surface area contributed by atoms with Gasteiger partial charge in [0.05, 0.1) is 0 Å². The molecule has 1 aromatic heterocycles. The largest absolute Gasteiger partial charge is 0.487 e. The van der Waals surface area contributed by atoms with Crippen LogP contribution in [0.1, 0.15) is 16.7 Å². The van der Waals surface area contributed by atoms with Crippen molar-refractivity contribution in [3.63, 3.8) is 0 Å². The topological polar surface area (TPSA) is 37.0 Å². The summed E-state index contributed by atoms with van der Waals surface area (Å²) in [5, 5.41) is 4.41. The van der Waals surface area contributed by atoms with E-state index in [0.29, 0.717) is 13.1 Å². The van der Waals surface area contributed by atoms with Crippen molar-refractivity contribution in [2.45, 2.75) is 32.0 Å². The SMILES string of the molecule is Cc1ccc2c(CCNCc3cccc(OCC(F)(F)C(F)(F)F)c3)c[nH]c2c1. The van der Waals surface area contributed by atoms with Gasteiger partial charge < -0.3 is 15.0 Å². The van der Waals surface area contributed by atoms with Crippen molar-refractivity contribution in [2.24, 2.45) is 0 Å². The van der Waals surface area contributed by atoms with Crippen LogP contribution in [0.3, 0.4) is 0 Å². The summed E-state index contributed by atoms with van der Waals surface area (Å²) in [6, 6.07) is 12.3. The summed E-state index contributed by atoms with van der Waals surface area (Å²) >= 11 is 0. The van der Waals surface area contributed by atoms with Crippen LogP contribution in [-0.2, 0) is 13.0 Å². The van der Waals surface area contributed by atoms with Crippen LogP contribution in [0.15, 0.2) is 48.7 Å². The zero-order chi connectivity index (χ0) is 21.1. The molecule has 0 atom stereocenters. The van der Waals surface area contributed by atoms with Crippen molar-refractivity contribution in [3.8, 4) is 5.75 Å². The molecule has 0 aliphatic carbocycles. The molecule has 0 bridgehead atoms. The van der Waals surface area contributed by atoms with Crippen LogP contribution in [0, 0.1) is 6.92 Å². The zero-order valence-electron chi connectivity index (χ0n) is 15.7. The number of hydrogen-bond acceptors (Lipinski definition) is 2. The molecule has 0 unspecified atom stereocenters. The lowest BCUT2D eigenvalue weighted by molar-refractivity contribution is -0.290. The maximum absolute atomic E-state index is 13.0. The Hall–Kier alpha value is -2.61. The first kappa shape index (κ1) is 21.1. The summed E-state index contributed by atoms with van der Waals surface area (Å²) in [7, 11) is 0. The number of H-pyrrole nitrogens is 1. The van der Waals surface area contributed by atoms with Crippen molar-refractivity contribution in [2.75, 3.05) is 13.2 Å². The second kappa shape index (κ2) is 8.41. The molecule has 0 radical (unpaired) electrons. The third-order valence-electron chi connectivity index (χ3n) is 4.56. The molecule has 2 N–H and O–H groups in total. The van der Waals surface area contributed by atoms with Gasteiger partial charge in [0.1, 0.15) is 5.75 Å².